The lowest BCUT2D eigenvalue weighted by molar-refractivity contribution is 0.0986. The van der Waals surface area contributed by atoms with E-state index in [9.17, 15) is 17.6 Å². The minimum absolute atomic E-state index is 0. The number of thiazole rings is 1. The summed E-state index contributed by atoms with van der Waals surface area (Å²) in [6.07, 6.45) is 4.28. The molecule has 0 aliphatic carbocycles. The molecule has 1 atom stereocenters. The summed E-state index contributed by atoms with van der Waals surface area (Å²) in [5.41, 5.74) is 1.02. The lowest BCUT2D eigenvalue weighted by atomic mass is 10.0. The third-order valence-corrected chi connectivity index (χ3v) is 9.56. The molecule has 2 heterocycles. The van der Waals surface area contributed by atoms with Crippen LogP contribution in [0.3, 0.4) is 0 Å². The Kier molecular flexibility index (Phi) is 10.0. The Morgan fingerprint density at radius 1 is 1.14 bits per heavy atom. The van der Waals surface area contributed by atoms with Crippen LogP contribution in [0.4, 0.5) is 9.52 Å². The highest BCUT2D eigenvalue weighted by Crippen LogP contribution is 2.31. The second kappa shape index (κ2) is 12.6. The molecule has 37 heavy (non-hydrogen) atoms. The lowest BCUT2D eigenvalue weighted by Crippen LogP contribution is -2.43. The topological polar surface area (TPSA) is 73.8 Å². The number of hydrogen-bond donors (Lipinski definition) is 0. The van der Waals surface area contributed by atoms with Crippen LogP contribution in [0.25, 0.3) is 10.2 Å². The standard InChI is InChI=1S/C26H33FN4O3S2.ClH/c1-4-21-8-5-6-17-31(21)36(33,34)22-12-9-19(10-13-22)25(32)30(16-7-15-29(2)3)26-28-23-14-11-20(27)18-24(23)35-26;/h9-14,18,21H,4-8,15-17H2,1-3H3;1H. The molecule has 0 spiro atoms. The molecule has 0 saturated carbocycles. The first-order chi connectivity index (χ1) is 17.2. The molecule has 0 N–H and O–H groups in total. The zero-order valence-electron chi connectivity index (χ0n) is 21.4. The fraction of sp³-hybridized carbons (Fsp3) is 0.462. The van der Waals surface area contributed by atoms with Crippen LogP contribution in [0.1, 0.15) is 49.4 Å². The summed E-state index contributed by atoms with van der Waals surface area (Å²) >= 11 is 1.27. The molecule has 1 unspecified atom stereocenters. The Morgan fingerprint density at radius 3 is 2.54 bits per heavy atom. The zero-order valence-corrected chi connectivity index (χ0v) is 23.8. The zero-order chi connectivity index (χ0) is 25.9. The highest BCUT2D eigenvalue weighted by Gasteiger charge is 2.32. The number of nitrogens with zero attached hydrogens (tertiary/aromatic N) is 4. The summed E-state index contributed by atoms with van der Waals surface area (Å²) in [7, 11) is 0.313. The number of carbonyl (C=O) groups is 1. The molecular weight excluding hydrogens is 535 g/mol. The molecule has 3 aromatic rings. The van der Waals surface area contributed by atoms with Crippen molar-refractivity contribution >= 4 is 55.0 Å². The van der Waals surface area contributed by atoms with Crippen molar-refractivity contribution in [2.75, 3.05) is 38.6 Å². The number of fused-ring (bicyclic) bond motifs is 1. The maximum Gasteiger partial charge on any atom is 0.260 e. The van der Waals surface area contributed by atoms with Crippen LogP contribution in [0.2, 0.25) is 0 Å². The molecule has 1 saturated heterocycles. The first kappa shape index (κ1) is 29.4. The van der Waals surface area contributed by atoms with E-state index in [-0.39, 0.29) is 35.1 Å². The van der Waals surface area contributed by atoms with Gasteiger partial charge in [0.25, 0.3) is 5.91 Å². The molecule has 1 aliphatic heterocycles. The molecule has 2 aromatic carbocycles. The predicted octanol–water partition coefficient (Wildman–Crippen LogP) is 5.41. The first-order valence-electron chi connectivity index (χ1n) is 12.4. The Morgan fingerprint density at radius 2 is 1.86 bits per heavy atom. The molecule has 202 valence electrons. The largest absolute Gasteiger partial charge is 0.309 e. The fourth-order valence-corrected chi connectivity index (χ4v) is 7.37. The number of rotatable bonds is 9. The monoisotopic (exact) mass is 568 g/mol. The quantitative estimate of drug-likeness (QED) is 0.345. The number of piperidine rings is 1. The van der Waals surface area contributed by atoms with E-state index in [1.165, 1.54) is 35.6 Å². The van der Waals surface area contributed by atoms with Gasteiger partial charge in [-0.05, 0) is 88.8 Å². The van der Waals surface area contributed by atoms with E-state index in [1.807, 2.05) is 25.9 Å². The van der Waals surface area contributed by atoms with E-state index < -0.39 is 10.0 Å². The van der Waals surface area contributed by atoms with Crippen molar-refractivity contribution in [3.8, 4) is 0 Å². The Bertz CT molecular complexity index is 1320. The molecule has 4 rings (SSSR count). The summed E-state index contributed by atoms with van der Waals surface area (Å²) in [5, 5.41) is 0.496. The maximum absolute atomic E-state index is 13.7. The van der Waals surface area contributed by atoms with Gasteiger partial charge in [-0.3, -0.25) is 9.69 Å². The van der Waals surface area contributed by atoms with Gasteiger partial charge in [-0.1, -0.05) is 24.7 Å². The van der Waals surface area contributed by atoms with Gasteiger partial charge in [0.2, 0.25) is 10.0 Å². The Balaban J connectivity index is 0.00000380. The van der Waals surface area contributed by atoms with Gasteiger partial charge in [0.15, 0.2) is 5.13 Å². The Hall–Kier alpha value is -2.11. The highest BCUT2D eigenvalue weighted by atomic mass is 35.5. The third kappa shape index (κ3) is 6.67. The number of hydrogen-bond acceptors (Lipinski definition) is 6. The number of sulfonamides is 1. The van der Waals surface area contributed by atoms with Gasteiger partial charge in [-0.25, -0.2) is 17.8 Å². The van der Waals surface area contributed by atoms with Crippen molar-refractivity contribution in [3.63, 3.8) is 0 Å². The van der Waals surface area contributed by atoms with Gasteiger partial charge >= 0.3 is 0 Å². The van der Waals surface area contributed by atoms with Crippen LogP contribution in [-0.2, 0) is 10.0 Å². The average Bonchev–Trinajstić information content (AvgIpc) is 3.29. The maximum atomic E-state index is 13.7. The van der Waals surface area contributed by atoms with Gasteiger partial charge < -0.3 is 4.90 Å². The molecule has 1 aliphatic rings. The minimum Gasteiger partial charge on any atom is -0.309 e. The molecule has 1 fully saturated rings. The molecule has 0 bridgehead atoms. The van der Waals surface area contributed by atoms with E-state index in [1.54, 1.807) is 27.4 Å². The van der Waals surface area contributed by atoms with Crippen LogP contribution in [0.15, 0.2) is 47.4 Å². The average molecular weight is 569 g/mol. The van der Waals surface area contributed by atoms with Gasteiger partial charge in [0.05, 0.1) is 15.1 Å². The van der Waals surface area contributed by atoms with Gasteiger partial charge in [0.1, 0.15) is 5.82 Å². The van der Waals surface area contributed by atoms with Gasteiger partial charge in [-0.15, -0.1) is 12.4 Å². The van der Waals surface area contributed by atoms with Crippen LogP contribution in [0, 0.1) is 5.82 Å². The summed E-state index contributed by atoms with van der Waals surface area (Å²) in [6.45, 7) is 3.77. The van der Waals surface area contributed by atoms with Crippen LogP contribution in [0.5, 0.6) is 0 Å². The van der Waals surface area contributed by atoms with E-state index >= 15 is 0 Å². The minimum atomic E-state index is -3.63. The molecule has 7 nitrogen and oxygen atoms in total. The SMILES string of the molecule is CCC1CCCCN1S(=O)(=O)c1ccc(C(=O)N(CCCN(C)C)c2nc3ccc(F)cc3s2)cc1.Cl. The van der Waals surface area contributed by atoms with E-state index in [2.05, 4.69) is 4.98 Å². The second-order valence-electron chi connectivity index (χ2n) is 9.42. The van der Waals surface area contributed by atoms with Crippen molar-refractivity contribution in [1.82, 2.24) is 14.2 Å². The summed E-state index contributed by atoms with van der Waals surface area (Å²) in [5.74, 6) is -0.611. The lowest BCUT2D eigenvalue weighted by Gasteiger charge is -2.34. The van der Waals surface area contributed by atoms with Crippen LogP contribution in [-0.4, -0.2) is 68.3 Å². The number of amides is 1. The van der Waals surface area contributed by atoms with Crippen molar-refractivity contribution < 1.29 is 17.6 Å². The smallest absolute Gasteiger partial charge is 0.260 e. The van der Waals surface area contributed by atoms with Crippen molar-refractivity contribution in [2.24, 2.45) is 0 Å². The van der Waals surface area contributed by atoms with Crippen molar-refractivity contribution in [2.45, 2.75) is 50.0 Å². The van der Waals surface area contributed by atoms with Gasteiger partial charge in [-0.2, -0.15) is 4.31 Å². The first-order valence-corrected chi connectivity index (χ1v) is 14.6. The van der Waals surface area contributed by atoms with Crippen molar-refractivity contribution in [3.05, 3.63) is 53.8 Å². The molecule has 1 amide bonds. The second-order valence-corrected chi connectivity index (χ2v) is 12.3. The number of anilines is 1. The predicted molar refractivity (Wildman–Crippen MR) is 150 cm³/mol. The molecule has 0 radical (unpaired) electrons. The van der Waals surface area contributed by atoms with Crippen molar-refractivity contribution in [1.29, 1.82) is 0 Å². The number of benzene rings is 2. The number of carbonyl (C=O) groups excluding carboxylic acids is 1. The van der Waals surface area contributed by atoms with E-state index in [0.717, 1.165) is 38.6 Å². The third-order valence-electron chi connectivity index (χ3n) is 6.55. The Labute approximate surface area is 228 Å². The number of halogens is 2. The van der Waals surface area contributed by atoms with E-state index in [4.69, 9.17) is 0 Å². The molecular formula is C26H34ClFN4O3S2. The van der Waals surface area contributed by atoms with Crippen LogP contribution < -0.4 is 4.90 Å². The summed E-state index contributed by atoms with van der Waals surface area (Å²) in [4.78, 5) is 22.0. The van der Waals surface area contributed by atoms with E-state index in [0.29, 0.717) is 34.0 Å². The molecule has 1 aromatic heterocycles. The summed E-state index contributed by atoms with van der Waals surface area (Å²) in [6, 6.07) is 10.6. The fourth-order valence-electron chi connectivity index (χ4n) is 4.59. The van der Waals surface area contributed by atoms with Gasteiger partial charge in [0, 0.05) is 24.7 Å². The highest BCUT2D eigenvalue weighted by molar-refractivity contribution is 7.89. The summed E-state index contributed by atoms with van der Waals surface area (Å²) < 4.78 is 42.6. The normalized spacial score (nSPS) is 16.6. The van der Waals surface area contributed by atoms with Crippen LogP contribution >= 0.6 is 23.7 Å². The molecule has 11 heteroatoms. The number of aromatic nitrogens is 1.